The zero-order valence-electron chi connectivity index (χ0n) is 24.2. The number of carbonyl (C=O) groups is 1. The van der Waals surface area contributed by atoms with Gasteiger partial charge in [0.05, 0.1) is 24.4 Å². The first-order valence-electron chi connectivity index (χ1n) is 14.4. The Bertz CT molecular complexity index is 1670. The first kappa shape index (κ1) is 29.7. The number of aliphatic hydroxyl groups is 1. The molecular weight excluding hydrogens is 574 g/mol. The molecule has 3 aromatic carbocycles. The fourth-order valence-electron chi connectivity index (χ4n) is 5.24. The molecule has 0 aliphatic carbocycles. The van der Waals surface area contributed by atoms with Crippen LogP contribution in [0.4, 0.5) is 0 Å². The van der Waals surface area contributed by atoms with Crippen LogP contribution in [0.1, 0.15) is 51.9 Å². The van der Waals surface area contributed by atoms with Crippen molar-refractivity contribution in [2.75, 3.05) is 5.75 Å². The molecule has 6 rings (SSSR count). The van der Waals surface area contributed by atoms with Crippen LogP contribution in [0.5, 0.6) is 0 Å². The van der Waals surface area contributed by atoms with Gasteiger partial charge in [0, 0.05) is 36.2 Å². The number of aliphatic hydroxyl groups excluding tert-OH is 1. The fraction of sp³-hybridized carbons (Fsp3) is 0.235. The highest BCUT2D eigenvalue weighted by Gasteiger charge is 2.38. The molecule has 1 amide bonds. The summed E-state index contributed by atoms with van der Waals surface area (Å²) in [5, 5.41) is 20.1. The number of rotatable bonds is 10. The summed E-state index contributed by atoms with van der Waals surface area (Å²) in [5.74, 6) is 0.569. The van der Waals surface area contributed by atoms with Gasteiger partial charge in [0.25, 0.3) is 5.91 Å². The Hall–Kier alpha value is -4.35. The second-order valence-corrected chi connectivity index (χ2v) is 11.7. The van der Waals surface area contributed by atoms with E-state index in [4.69, 9.17) is 9.47 Å². The van der Waals surface area contributed by atoms with Crippen LogP contribution in [0.3, 0.4) is 0 Å². The van der Waals surface area contributed by atoms with Gasteiger partial charge in [-0.05, 0) is 52.1 Å². The molecule has 0 unspecified atom stereocenters. The van der Waals surface area contributed by atoms with Crippen LogP contribution in [0, 0.1) is 5.92 Å². The molecule has 2 aromatic heterocycles. The van der Waals surface area contributed by atoms with Gasteiger partial charge in [-0.25, -0.2) is 4.98 Å². The maximum atomic E-state index is 12.5. The van der Waals surface area contributed by atoms with Gasteiger partial charge in [-0.3, -0.25) is 14.9 Å². The summed E-state index contributed by atoms with van der Waals surface area (Å²) in [6.45, 7) is 2.53. The zero-order chi connectivity index (χ0) is 30.3. The first-order chi connectivity index (χ1) is 21.6. The van der Waals surface area contributed by atoms with Crippen molar-refractivity contribution in [1.29, 1.82) is 0 Å². The number of hydrogen-bond acceptors (Lipinski definition) is 8. The summed E-state index contributed by atoms with van der Waals surface area (Å²) in [6, 6.07) is 27.7. The molecule has 10 heteroatoms. The van der Waals surface area contributed by atoms with Crippen LogP contribution < -0.4 is 5.32 Å². The van der Waals surface area contributed by atoms with Crippen molar-refractivity contribution in [2.24, 2.45) is 5.92 Å². The minimum atomic E-state index is -0.587. The van der Waals surface area contributed by atoms with Gasteiger partial charge < -0.3 is 19.9 Å². The topological polar surface area (TPSA) is 122 Å². The quantitative estimate of drug-likeness (QED) is 0.169. The molecule has 3 heterocycles. The van der Waals surface area contributed by atoms with Crippen molar-refractivity contribution in [3.05, 3.63) is 131 Å². The van der Waals surface area contributed by atoms with E-state index in [1.807, 2.05) is 48.5 Å². The second-order valence-electron chi connectivity index (χ2n) is 10.7. The number of pyridine rings is 1. The summed E-state index contributed by atoms with van der Waals surface area (Å²) in [6.07, 6.45) is 3.78. The third kappa shape index (κ3) is 7.06. The molecule has 4 atom stereocenters. The molecule has 0 spiro atoms. The highest BCUT2D eigenvalue weighted by molar-refractivity contribution is 7.99. The number of thioether (sulfide) groups is 1. The van der Waals surface area contributed by atoms with Crippen LogP contribution >= 0.6 is 11.8 Å². The molecule has 44 heavy (non-hydrogen) atoms. The van der Waals surface area contributed by atoms with Crippen molar-refractivity contribution >= 4 is 17.7 Å². The molecule has 0 bridgehead atoms. The molecule has 1 aliphatic heterocycles. The third-order valence-electron chi connectivity index (χ3n) is 7.70. The molecule has 1 aliphatic rings. The zero-order valence-corrected chi connectivity index (χ0v) is 25.0. The lowest BCUT2D eigenvalue weighted by molar-refractivity contribution is -0.268. The molecule has 3 N–H and O–H groups in total. The van der Waals surface area contributed by atoms with Gasteiger partial charge >= 0.3 is 0 Å². The first-order valence-corrected chi connectivity index (χ1v) is 15.4. The molecule has 1 fully saturated rings. The van der Waals surface area contributed by atoms with Crippen molar-refractivity contribution in [1.82, 2.24) is 25.5 Å². The summed E-state index contributed by atoms with van der Waals surface area (Å²) in [7, 11) is 0. The molecular formula is C34H33N5O4S. The van der Waals surface area contributed by atoms with Crippen molar-refractivity contribution in [2.45, 2.75) is 43.7 Å². The molecule has 224 valence electrons. The SMILES string of the molecule is C[C@@H]1[C@H](CSc2ncn[nH]2)O[C@H](c2cccc(-c3cccc(CNC(=O)c4cccnc4)c3)c2)O[C@@H]1c1ccc(CO)cc1. The Morgan fingerprint density at radius 3 is 2.52 bits per heavy atom. The maximum Gasteiger partial charge on any atom is 0.253 e. The van der Waals surface area contributed by atoms with Crippen molar-refractivity contribution in [3.63, 3.8) is 0 Å². The number of benzene rings is 3. The monoisotopic (exact) mass is 607 g/mol. The predicted octanol–water partition coefficient (Wildman–Crippen LogP) is 5.87. The Morgan fingerprint density at radius 2 is 1.77 bits per heavy atom. The van der Waals surface area contributed by atoms with Gasteiger partial charge in [0.15, 0.2) is 11.4 Å². The summed E-state index contributed by atoms with van der Waals surface area (Å²) in [5.41, 5.74) is 6.36. The standard InChI is InChI=1S/C34H33N5O4S/c1-22-30(20-44-34-37-21-38-39-34)42-33(43-31(22)25-12-10-23(19-40)11-13-25)28-8-3-7-27(16-28)26-6-2-5-24(15-26)17-36-32(41)29-9-4-14-35-18-29/h2-16,18,21-22,30-31,33,40H,17,19-20H2,1H3,(H,36,41)(H,37,38,39)/t22-,30+,31+,33+/m1/s1. The van der Waals surface area contributed by atoms with E-state index in [1.165, 1.54) is 6.33 Å². The molecule has 5 aromatic rings. The largest absolute Gasteiger partial charge is 0.392 e. The number of amides is 1. The normalized spacial score (nSPS) is 19.9. The highest BCUT2D eigenvalue weighted by Crippen LogP contribution is 2.43. The maximum absolute atomic E-state index is 12.5. The van der Waals surface area contributed by atoms with Crippen LogP contribution in [0.25, 0.3) is 11.1 Å². The third-order valence-corrected chi connectivity index (χ3v) is 8.66. The average Bonchev–Trinajstić information content (AvgIpc) is 3.61. The molecule has 1 saturated heterocycles. The van der Waals surface area contributed by atoms with E-state index in [-0.39, 0.29) is 30.6 Å². The van der Waals surface area contributed by atoms with Gasteiger partial charge in [-0.15, -0.1) is 0 Å². The Kier molecular flexibility index (Phi) is 9.43. The number of ether oxygens (including phenoxy) is 2. The van der Waals surface area contributed by atoms with E-state index in [0.717, 1.165) is 38.5 Å². The van der Waals surface area contributed by atoms with E-state index in [0.29, 0.717) is 17.9 Å². The van der Waals surface area contributed by atoms with Gasteiger partial charge in [-0.1, -0.05) is 79.3 Å². The van der Waals surface area contributed by atoms with Crippen molar-refractivity contribution in [3.8, 4) is 11.1 Å². The number of nitrogens with zero attached hydrogens (tertiary/aromatic N) is 3. The number of carbonyl (C=O) groups excluding carboxylic acids is 1. The summed E-state index contributed by atoms with van der Waals surface area (Å²) < 4.78 is 13.3. The predicted molar refractivity (Wildman–Crippen MR) is 167 cm³/mol. The molecule has 0 radical (unpaired) electrons. The molecule has 9 nitrogen and oxygen atoms in total. The Labute approximate surface area is 260 Å². The van der Waals surface area contributed by atoms with Crippen LogP contribution in [-0.2, 0) is 22.6 Å². The number of nitrogens with one attached hydrogen (secondary N) is 2. The van der Waals surface area contributed by atoms with Crippen LogP contribution in [0.15, 0.2) is 109 Å². The lowest BCUT2D eigenvalue weighted by atomic mass is 9.91. The molecule has 0 saturated carbocycles. The number of hydrogen-bond donors (Lipinski definition) is 3. The Morgan fingerprint density at radius 1 is 0.955 bits per heavy atom. The number of aromatic nitrogens is 4. The highest BCUT2D eigenvalue weighted by atomic mass is 32.2. The number of aromatic amines is 1. The fourth-order valence-corrected chi connectivity index (χ4v) is 6.19. The number of H-pyrrole nitrogens is 1. The summed E-state index contributed by atoms with van der Waals surface area (Å²) in [4.78, 5) is 20.8. The van der Waals surface area contributed by atoms with Crippen LogP contribution in [0.2, 0.25) is 0 Å². The van der Waals surface area contributed by atoms with E-state index < -0.39 is 6.29 Å². The smallest absolute Gasteiger partial charge is 0.253 e. The van der Waals surface area contributed by atoms with Crippen molar-refractivity contribution < 1.29 is 19.4 Å². The van der Waals surface area contributed by atoms with E-state index in [1.54, 1.807) is 36.3 Å². The van der Waals surface area contributed by atoms with Gasteiger partial charge in [-0.2, -0.15) is 5.10 Å². The second kappa shape index (κ2) is 14.0. The van der Waals surface area contributed by atoms with Gasteiger partial charge in [0.1, 0.15) is 6.33 Å². The lowest BCUT2D eigenvalue weighted by Gasteiger charge is -2.41. The summed E-state index contributed by atoms with van der Waals surface area (Å²) >= 11 is 1.57. The minimum Gasteiger partial charge on any atom is -0.392 e. The van der Waals surface area contributed by atoms with Crippen LogP contribution in [-0.4, -0.2) is 43.0 Å². The average molecular weight is 608 g/mol. The van der Waals surface area contributed by atoms with E-state index in [2.05, 4.69) is 56.7 Å². The van der Waals surface area contributed by atoms with Gasteiger partial charge in [0.2, 0.25) is 0 Å². The van der Waals surface area contributed by atoms with E-state index >= 15 is 0 Å². The Balaban J connectivity index is 1.22. The lowest BCUT2D eigenvalue weighted by Crippen LogP contribution is -2.38. The van der Waals surface area contributed by atoms with E-state index in [9.17, 15) is 9.90 Å². The minimum absolute atomic E-state index is 0.00555.